The molecule has 0 rings (SSSR count). The summed E-state index contributed by atoms with van der Waals surface area (Å²) in [6, 6.07) is -1.47. The average Bonchev–Trinajstić information content (AvgIpc) is 2.42. The van der Waals surface area contributed by atoms with Crippen molar-refractivity contribution in [1.29, 1.82) is 0 Å². The van der Waals surface area contributed by atoms with E-state index in [-0.39, 0.29) is 5.92 Å². The molecule has 0 bridgehead atoms. The van der Waals surface area contributed by atoms with Gasteiger partial charge in [-0.25, -0.2) is 9.59 Å². The Balaban J connectivity index is 0. The summed E-state index contributed by atoms with van der Waals surface area (Å²) in [6.07, 6.45) is -0.310. The zero-order valence-electron chi connectivity index (χ0n) is 15.2. The molecule has 4 N–H and O–H groups in total. The molecule has 2 atom stereocenters. The van der Waals surface area contributed by atoms with Gasteiger partial charge in [0.1, 0.15) is 17.7 Å². The fourth-order valence-electron chi connectivity index (χ4n) is 1.37. The molecule has 9 heteroatoms. The maximum absolute atomic E-state index is 11.4. The van der Waals surface area contributed by atoms with Gasteiger partial charge in [0.15, 0.2) is 0 Å². The number of hydrogen-bond acceptors (Lipinski definition) is 7. The zero-order chi connectivity index (χ0) is 19.5. The number of hydrogen-bond donors (Lipinski definition) is 4. The second-order valence-electron chi connectivity index (χ2n) is 6.48. The van der Waals surface area contributed by atoms with Crippen molar-refractivity contribution in [2.45, 2.75) is 58.7 Å². The van der Waals surface area contributed by atoms with Crippen molar-refractivity contribution in [2.75, 3.05) is 12.9 Å². The maximum atomic E-state index is 11.4. The van der Waals surface area contributed by atoms with Crippen LogP contribution in [0.1, 0.15) is 41.0 Å². The minimum Gasteiger partial charge on any atom is -0.480 e. The van der Waals surface area contributed by atoms with Crippen molar-refractivity contribution in [3.63, 3.8) is 0 Å². The molecule has 0 heterocycles. The van der Waals surface area contributed by atoms with Crippen LogP contribution in [-0.4, -0.2) is 53.7 Å². The highest BCUT2D eigenvalue weighted by Crippen LogP contribution is 2.09. The van der Waals surface area contributed by atoms with Gasteiger partial charge in [-0.2, -0.15) is 12.6 Å². The summed E-state index contributed by atoms with van der Waals surface area (Å²) in [5.74, 6) is -0.942. The predicted octanol–water partition coefficient (Wildman–Crippen LogP) is 1.43. The van der Waals surface area contributed by atoms with Gasteiger partial charge in [-0.1, -0.05) is 13.8 Å². The highest BCUT2D eigenvalue weighted by molar-refractivity contribution is 7.80. The fraction of sp³-hybridized carbons (Fsp3) is 0.800. The molecule has 0 fully saturated rings. The van der Waals surface area contributed by atoms with Gasteiger partial charge in [0.2, 0.25) is 0 Å². The van der Waals surface area contributed by atoms with E-state index in [0.717, 1.165) is 0 Å². The monoisotopic (exact) mass is 366 g/mol. The van der Waals surface area contributed by atoms with Crippen LogP contribution in [0.15, 0.2) is 0 Å². The number of amides is 1. The molecule has 0 aliphatic carbocycles. The van der Waals surface area contributed by atoms with Gasteiger partial charge in [0.05, 0.1) is 7.11 Å². The third kappa shape index (κ3) is 14.1. The van der Waals surface area contributed by atoms with Crippen LogP contribution >= 0.6 is 12.6 Å². The largest absolute Gasteiger partial charge is 0.480 e. The summed E-state index contributed by atoms with van der Waals surface area (Å²) in [5, 5.41) is 11.2. The van der Waals surface area contributed by atoms with E-state index in [4.69, 9.17) is 15.6 Å². The van der Waals surface area contributed by atoms with E-state index in [9.17, 15) is 14.4 Å². The summed E-state index contributed by atoms with van der Waals surface area (Å²) in [4.78, 5) is 32.6. The van der Waals surface area contributed by atoms with Crippen LogP contribution in [0, 0.1) is 5.92 Å². The molecular weight excluding hydrogens is 336 g/mol. The lowest BCUT2D eigenvalue weighted by atomic mass is 10.0. The SMILES string of the molecule is CC(C)CC(NC(=O)OC(C)(C)C)C(=O)O.COC(=O)C(N)CS. The molecule has 0 aromatic heterocycles. The van der Waals surface area contributed by atoms with Gasteiger partial charge in [-0.3, -0.25) is 4.79 Å². The van der Waals surface area contributed by atoms with Crippen molar-refractivity contribution in [3.05, 3.63) is 0 Å². The quantitative estimate of drug-likeness (QED) is 0.413. The van der Waals surface area contributed by atoms with Crippen LogP contribution in [0.2, 0.25) is 0 Å². The van der Waals surface area contributed by atoms with Gasteiger partial charge in [0, 0.05) is 5.75 Å². The molecule has 8 nitrogen and oxygen atoms in total. The zero-order valence-corrected chi connectivity index (χ0v) is 16.1. The maximum Gasteiger partial charge on any atom is 0.408 e. The van der Waals surface area contributed by atoms with Crippen LogP contribution in [-0.2, 0) is 19.1 Å². The predicted molar refractivity (Wildman–Crippen MR) is 94.1 cm³/mol. The molecule has 0 saturated carbocycles. The minimum atomic E-state index is -1.04. The lowest BCUT2D eigenvalue weighted by Gasteiger charge is -2.22. The normalized spacial score (nSPS) is 13.2. The summed E-state index contributed by atoms with van der Waals surface area (Å²) in [7, 11) is 1.30. The van der Waals surface area contributed by atoms with Crippen molar-refractivity contribution in [3.8, 4) is 0 Å². The summed E-state index contributed by atoms with van der Waals surface area (Å²) in [6.45, 7) is 8.97. The molecular formula is C15H30N2O6S. The third-order valence-corrected chi connectivity index (χ3v) is 2.79. The number of rotatable bonds is 6. The molecule has 142 valence electrons. The van der Waals surface area contributed by atoms with Crippen molar-refractivity contribution < 1.29 is 29.0 Å². The van der Waals surface area contributed by atoms with Gasteiger partial charge in [-0.05, 0) is 33.1 Å². The third-order valence-electron chi connectivity index (χ3n) is 2.40. The number of carboxylic acids is 1. The second kappa shape index (κ2) is 12.0. The first-order valence-corrected chi connectivity index (χ1v) is 8.13. The number of nitrogens with two attached hydrogens (primary N) is 1. The Hall–Kier alpha value is -1.48. The van der Waals surface area contributed by atoms with E-state index in [2.05, 4.69) is 22.7 Å². The number of ether oxygens (including phenoxy) is 2. The number of carboxylic acid groups (broad SMARTS) is 1. The molecule has 2 unspecified atom stereocenters. The van der Waals surface area contributed by atoms with E-state index in [1.807, 2.05) is 13.8 Å². The number of carbonyl (C=O) groups excluding carboxylic acids is 2. The first-order valence-electron chi connectivity index (χ1n) is 7.50. The molecule has 0 aliphatic rings. The minimum absolute atomic E-state index is 0.191. The highest BCUT2D eigenvalue weighted by atomic mass is 32.1. The van der Waals surface area contributed by atoms with Crippen molar-refractivity contribution >= 4 is 30.7 Å². The van der Waals surface area contributed by atoms with Crippen LogP contribution < -0.4 is 11.1 Å². The second-order valence-corrected chi connectivity index (χ2v) is 6.84. The number of esters is 1. The number of nitrogens with one attached hydrogen (secondary N) is 1. The average molecular weight is 366 g/mol. The lowest BCUT2D eigenvalue weighted by molar-refractivity contribution is -0.141. The Kier molecular flexibility index (Phi) is 12.3. The van der Waals surface area contributed by atoms with Gasteiger partial charge >= 0.3 is 18.0 Å². The number of alkyl carbamates (subject to hydrolysis) is 1. The Morgan fingerprint density at radius 1 is 1.25 bits per heavy atom. The number of aliphatic carboxylic acids is 1. The van der Waals surface area contributed by atoms with E-state index < -0.39 is 35.7 Å². The van der Waals surface area contributed by atoms with Crippen LogP contribution in [0.25, 0.3) is 0 Å². The van der Waals surface area contributed by atoms with Crippen molar-refractivity contribution in [2.24, 2.45) is 11.7 Å². The molecule has 0 spiro atoms. The first-order chi connectivity index (χ1) is 10.8. The molecule has 24 heavy (non-hydrogen) atoms. The molecule has 0 radical (unpaired) electrons. The Morgan fingerprint density at radius 2 is 1.75 bits per heavy atom. The molecule has 1 amide bonds. The van der Waals surface area contributed by atoms with Gasteiger partial charge in [0.25, 0.3) is 0 Å². The molecule has 0 saturated heterocycles. The highest BCUT2D eigenvalue weighted by Gasteiger charge is 2.24. The fourth-order valence-corrected chi connectivity index (χ4v) is 1.52. The Labute approximate surface area is 148 Å². The standard InChI is InChI=1S/C11H21NO4.C4H9NO2S/c1-7(2)6-8(9(13)14)12-10(15)16-11(3,4)5;1-7-4(6)3(5)2-8/h7-8H,6H2,1-5H3,(H,12,15)(H,13,14);3,8H,2,5H2,1H3. The Morgan fingerprint density at radius 3 is 2.00 bits per heavy atom. The van der Waals surface area contributed by atoms with E-state index in [1.54, 1.807) is 20.8 Å². The number of methoxy groups -OCH3 is 1. The summed E-state index contributed by atoms with van der Waals surface area (Å²) in [5.41, 5.74) is 4.56. The van der Waals surface area contributed by atoms with E-state index >= 15 is 0 Å². The van der Waals surface area contributed by atoms with Crippen LogP contribution in [0.4, 0.5) is 4.79 Å². The van der Waals surface area contributed by atoms with E-state index in [0.29, 0.717) is 12.2 Å². The molecule has 0 aromatic carbocycles. The Bertz CT molecular complexity index is 409. The summed E-state index contributed by atoms with van der Waals surface area (Å²) >= 11 is 3.78. The van der Waals surface area contributed by atoms with Crippen molar-refractivity contribution in [1.82, 2.24) is 5.32 Å². The van der Waals surface area contributed by atoms with Gasteiger partial charge in [-0.15, -0.1) is 0 Å². The molecule has 0 aromatic rings. The number of thiol groups is 1. The topological polar surface area (TPSA) is 128 Å². The van der Waals surface area contributed by atoms with Crippen LogP contribution in [0.5, 0.6) is 0 Å². The first kappa shape index (κ1) is 24.8. The molecule has 0 aliphatic heterocycles. The summed E-state index contributed by atoms with van der Waals surface area (Å²) < 4.78 is 9.28. The van der Waals surface area contributed by atoms with Gasteiger partial charge < -0.3 is 25.6 Å². The van der Waals surface area contributed by atoms with E-state index in [1.165, 1.54) is 7.11 Å². The lowest BCUT2D eigenvalue weighted by Crippen LogP contribution is -2.44. The smallest absolute Gasteiger partial charge is 0.408 e. The van der Waals surface area contributed by atoms with Crippen LogP contribution in [0.3, 0.4) is 0 Å². The number of carbonyl (C=O) groups is 3.